The highest BCUT2D eigenvalue weighted by Gasteiger charge is 2.41. The molecule has 1 aromatic rings. The fourth-order valence-corrected chi connectivity index (χ4v) is 3.76. The fraction of sp³-hybridized carbons (Fsp3) is 0.600. The molecule has 3 rings (SSSR count). The number of aryl methyl sites for hydroxylation is 1. The van der Waals surface area contributed by atoms with Gasteiger partial charge in [-0.05, 0) is 51.2 Å². The van der Waals surface area contributed by atoms with Gasteiger partial charge < -0.3 is 15.2 Å². The van der Waals surface area contributed by atoms with Crippen LogP contribution in [0.2, 0.25) is 0 Å². The summed E-state index contributed by atoms with van der Waals surface area (Å²) < 4.78 is 5.39. The van der Waals surface area contributed by atoms with Crippen molar-refractivity contribution in [3.63, 3.8) is 0 Å². The van der Waals surface area contributed by atoms with Crippen LogP contribution in [-0.4, -0.2) is 46.3 Å². The van der Waals surface area contributed by atoms with Crippen molar-refractivity contribution in [1.29, 1.82) is 0 Å². The Labute approximate surface area is 154 Å². The van der Waals surface area contributed by atoms with Gasteiger partial charge in [-0.2, -0.15) is 0 Å². The number of carbonyl (C=O) groups is 2. The Morgan fingerprint density at radius 2 is 2.00 bits per heavy atom. The first kappa shape index (κ1) is 18.7. The van der Waals surface area contributed by atoms with Crippen LogP contribution in [0.3, 0.4) is 0 Å². The SMILES string of the molecule is CC(C)(C)OC(=O)N1C[C@H](O)C[C@H]1C(=O)N[C@@H]1CCCc2ccccc21. The highest BCUT2D eigenvalue weighted by Crippen LogP contribution is 2.30. The molecule has 0 bridgehead atoms. The molecule has 1 aliphatic carbocycles. The van der Waals surface area contributed by atoms with Crippen LogP contribution < -0.4 is 5.32 Å². The molecule has 0 spiro atoms. The van der Waals surface area contributed by atoms with E-state index in [2.05, 4.69) is 17.4 Å². The highest BCUT2D eigenvalue weighted by atomic mass is 16.6. The van der Waals surface area contributed by atoms with Crippen LogP contribution in [0.15, 0.2) is 24.3 Å². The topological polar surface area (TPSA) is 78.9 Å². The van der Waals surface area contributed by atoms with Gasteiger partial charge in [-0.25, -0.2) is 4.79 Å². The number of aliphatic hydroxyl groups is 1. The van der Waals surface area contributed by atoms with Crippen LogP contribution >= 0.6 is 0 Å². The first-order chi connectivity index (χ1) is 12.2. The molecule has 2 aliphatic rings. The van der Waals surface area contributed by atoms with Crippen LogP contribution in [0.25, 0.3) is 0 Å². The molecule has 6 heteroatoms. The summed E-state index contributed by atoms with van der Waals surface area (Å²) in [7, 11) is 0. The molecule has 1 saturated heterocycles. The van der Waals surface area contributed by atoms with Gasteiger partial charge in [0.2, 0.25) is 5.91 Å². The number of nitrogens with one attached hydrogen (secondary N) is 1. The molecule has 3 atom stereocenters. The average Bonchev–Trinajstić information content (AvgIpc) is 2.96. The molecule has 0 saturated carbocycles. The zero-order valence-corrected chi connectivity index (χ0v) is 15.7. The summed E-state index contributed by atoms with van der Waals surface area (Å²) in [6, 6.07) is 7.39. The summed E-state index contributed by atoms with van der Waals surface area (Å²) in [6.07, 6.45) is 1.89. The largest absolute Gasteiger partial charge is 0.444 e. The van der Waals surface area contributed by atoms with Crippen molar-refractivity contribution in [2.24, 2.45) is 0 Å². The first-order valence-corrected chi connectivity index (χ1v) is 9.30. The summed E-state index contributed by atoms with van der Waals surface area (Å²) in [5.74, 6) is -0.228. The molecule has 1 heterocycles. The molecule has 6 nitrogen and oxygen atoms in total. The second-order valence-electron chi connectivity index (χ2n) is 8.19. The number of nitrogens with zero attached hydrogens (tertiary/aromatic N) is 1. The second kappa shape index (κ2) is 7.27. The molecular formula is C20H28N2O4. The van der Waals surface area contributed by atoms with Gasteiger partial charge in [-0.1, -0.05) is 24.3 Å². The summed E-state index contributed by atoms with van der Waals surface area (Å²) in [5, 5.41) is 13.1. The summed E-state index contributed by atoms with van der Waals surface area (Å²) >= 11 is 0. The van der Waals surface area contributed by atoms with Crippen LogP contribution in [0.4, 0.5) is 4.79 Å². The summed E-state index contributed by atoms with van der Waals surface area (Å²) in [6.45, 7) is 5.47. The van der Waals surface area contributed by atoms with Crippen molar-refractivity contribution >= 4 is 12.0 Å². The maximum absolute atomic E-state index is 12.9. The van der Waals surface area contributed by atoms with Crippen LogP contribution in [0.1, 0.15) is 57.2 Å². The standard InChI is InChI=1S/C20H28N2O4/c1-20(2,3)26-19(25)22-12-14(23)11-17(22)18(24)21-16-10-6-8-13-7-4-5-9-15(13)16/h4-5,7,9,14,16-17,23H,6,8,10-12H2,1-3H3,(H,21,24)/t14-,16-,17+/m1/s1. The van der Waals surface area contributed by atoms with Crippen molar-refractivity contribution in [3.8, 4) is 0 Å². The van der Waals surface area contributed by atoms with E-state index in [4.69, 9.17) is 4.74 Å². The predicted octanol–water partition coefficient (Wildman–Crippen LogP) is 2.55. The van der Waals surface area contributed by atoms with E-state index in [0.29, 0.717) is 0 Å². The van der Waals surface area contributed by atoms with Crippen molar-refractivity contribution in [1.82, 2.24) is 10.2 Å². The Balaban J connectivity index is 1.71. The van der Waals surface area contributed by atoms with E-state index in [1.165, 1.54) is 10.5 Å². The van der Waals surface area contributed by atoms with Gasteiger partial charge in [0.15, 0.2) is 0 Å². The number of β-amino-alcohol motifs (C(OH)–C–C–N with tert-alkyl or cyclic N) is 1. The molecule has 1 fully saturated rings. The van der Waals surface area contributed by atoms with E-state index < -0.39 is 23.8 Å². The number of hydrogen-bond donors (Lipinski definition) is 2. The van der Waals surface area contributed by atoms with Gasteiger partial charge >= 0.3 is 6.09 Å². The Morgan fingerprint density at radius 1 is 1.27 bits per heavy atom. The third kappa shape index (κ3) is 4.18. The maximum atomic E-state index is 12.9. The van der Waals surface area contributed by atoms with E-state index >= 15 is 0 Å². The van der Waals surface area contributed by atoms with E-state index in [9.17, 15) is 14.7 Å². The molecule has 142 valence electrons. The number of likely N-dealkylation sites (tertiary alicyclic amines) is 1. The molecule has 0 unspecified atom stereocenters. The van der Waals surface area contributed by atoms with Crippen molar-refractivity contribution in [3.05, 3.63) is 35.4 Å². The molecule has 2 N–H and O–H groups in total. The fourth-order valence-electron chi connectivity index (χ4n) is 3.76. The lowest BCUT2D eigenvalue weighted by atomic mass is 9.87. The van der Waals surface area contributed by atoms with Crippen LogP contribution in [0.5, 0.6) is 0 Å². The minimum absolute atomic E-state index is 0.0503. The normalized spacial score (nSPS) is 25.5. The number of benzene rings is 1. The zero-order chi connectivity index (χ0) is 18.9. The lowest BCUT2D eigenvalue weighted by molar-refractivity contribution is -0.126. The number of amides is 2. The number of rotatable bonds is 2. The first-order valence-electron chi connectivity index (χ1n) is 9.30. The lowest BCUT2D eigenvalue weighted by Gasteiger charge is -2.30. The Kier molecular flexibility index (Phi) is 5.23. The number of aliphatic hydroxyl groups excluding tert-OH is 1. The molecular weight excluding hydrogens is 332 g/mol. The Hall–Kier alpha value is -2.08. The number of ether oxygens (including phenoxy) is 1. The lowest BCUT2D eigenvalue weighted by Crippen LogP contribution is -2.48. The van der Waals surface area contributed by atoms with E-state index in [0.717, 1.165) is 24.8 Å². The van der Waals surface area contributed by atoms with Gasteiger partial charge in [-0.15, -0.1) is 0 Å². The average molecular weight is 360 g/mol. The van der Waals surface area contributed by atoms with Crippen molar-refractivity contribution < 1.29 is 19.4 Å². The monoisotopic (exact) mass is 360 g/mol. The summed E-state index contributed by atoms with van der Waals surface area (Å²) in [5.41, 5.74) is 1.77. The third-order valence-corrected chi connectivity index (χ3v) is 4.90. The molecule has 26 heavy (non-hydrogen) atoms. The van der Waals surface area contributed by atoms with Gasteiger partial charge in [0, 0.05) is 6.42 Å². The minimum Gasteiger partial charge on any atom is -0.444 e. The van der Waals surface area contributed by atoms with Gasteiger partial charge in [-0.3, -0.25) is 9.69 Å². The highest BCUT2D eigenvalue weighted by molar-refractivity contribution is 5.86. The second-order valence-corrected chi connectivity index (χ2v) is 8.19. The van der Waals surface area contributed by atoms with Gasteiger partial charge in [0.05, 0.1) is 18.7 Å². The third-order valence-electron chi connectivity index (χ3n) is 4.90. The quantitative estimate of drug-likeness (QED) is 0.850. The maximum Gasteiger partial charge on any atom is 0.411 e. The predicted molar refractivity (Wildman–Crippen MR) is 97.6 cm³/mol. The number of fused-ring (bicyclic) bond motifs is 1. The molecule has 1 aliphatic heterocycles. The molecule has 2 amide bonds. The van der Waals surface area contributed by atoms with Crippen molar-refractivity contribution in [2.45, 2.75) is 70.2 Å². The smallest absolute Gasteiger partial charge is 0.411 e. The van der Waals surface area contributed by atoms with Gasteiger partial charge in [0.25, 0.3) is 0 Å². The van der Waals surface area contributed by atoms with E-state index in [-0.39, 0.29) is 24.9 Å². The number of carbonyl (C=O) groups excluding carboxylic acids is 2. The van der Waals surface area contributed by atoms with E-state index in [1.807, 2.05) is 12.1 Å². The minimum atomic E-state index is -0.711. The zero-order valence-electron chi connectivity index (χ0n) is 15.7. The molecule has 0 aromatic heterocycles. The molecule has 0 radical (unpaired) electrons. The Bertz CT molecular complexity index is 683. The Morgan fingerprint density at radius 3 is 2.73 bits per heavy atom. The van der Waals surface area contributed by atoms with Crippen LogP contribution in [0, 0.1) is 0 Å². The van der Waals surface area contributed by atoms with E-state index in [1.54, 1.807) is 20.8 Å². The van der Waals surface area contributed by atoms with Crippen molar-refractivity contribution in [2.75, 3.05) is 6.54 Å². The molecule has 1 aromatic carbocycles. The summed E-state index contributed by atoms with van der Waals surface area (Å²) in [4.78, 5) is 26.6. The van der Waals surface area contributed by atoms with Crippen LogP contribution in [-0.2, 0) is 16.0 Å². The number of hydrogen-bond acceptors (Lipinski definition) is 4. The van der Waals surface area contributed by atoms with Gasteiger partial charge in [0.1, 0.15) is 11.6 Å².